The van der Waals surface area contributed by atoms with Crippen molar-refractivity contribution < 1.29 is 14.8 Å². The predicted molar refractivity (Wildman–Crippen MR) is 96.2 cm³/mol. The number of fused-ring (bicyclic) bond motifs is 1. The van der Waals surface area contributed by atoms with Crippen molar-refractivity contribution in [3.05, 3.63) is 76.0 Å². The molecule has 0 unspecified atom stereocenters. The van der Waals surface area contributed by atoms with Crippen molar-refractivity contribution in [1.82, 2.24) is 4.57 Å². The highest BCUT2D eigenvalue weighted by Crippen LogP contribution is 2.27. The summed E-state index contributed by atoms with van der Waals surface area (Å²) in [6, 6.07) is 15.2. The Morgan fingerprint density at radius 2 is 2.04 bits per heavy atom. The maximum absolute atomic E-state index is 11.1. The number of carboxylic acid groups (broad SMARTS) is 1. The Balaban J connectivity index is 2.13. The first-order valence-corrected chi connectivity index (χ1v) is 7.66. The number of aromatic nitrogens is 1. The van der Waals surface area contributed by atoms with Crippen molar-refractivity contribution in [3.63, 3.8) is 0 Å². The zero-order chi connectivity index (χ0) is 18.7. The molecule has 0 radical (unpaired) electrons. The van der Waals surface area contributed by atoms with E-state index >= 15 is 0 Å². The van der Waals surface area contributed by atoms with Crippen LogP contribution in [-0.4, -0.2) is 20.6 Å². The number of rotatable bonds is 5. The van der Waals surface area contributed by atoms with Crippen molar-refractivity contribution in [2.24, 2.45) is 0 Å². The van der Waals surface area contributed by atoms with Gasteiger partial charge in [-0.15, -0.1) is 0 Å². The molecule has 0 aliphatic rings. The number of hydrogen-bond acceptors (Lipinski definition) is 4. The smallest absolute Gasteiger partial charge is 0.323 e. The highest BCUT2D eigenvalue weighted by molar-refractivity contribution is 5.98. The second-order valence-electron chi connectivity index (χ2n) is 5.60. The maximum atomic E-state index is 11.1. The van der Waals surface area contributed by atoms with Crippen LogP contribution in [0.25, 0.3) is 22.6 Å². The number of nitrogens with zero attached hydrogens (tertiary/aromatic N) is 3. The molecule has 3 rings (SSSR count). The molecule has 2 aromatic carbocycles. The lowest BCUT2D eigenvalue weighted by atomic mass is 10.0. The molecule has 0 bridgehead atoms. The number of para-hydroxylation sites is 1. The first kappa shape index (κ1) is 16.9. The predicted octanol–water partition coefficient (Wildman–Crippen LogP) is 3.70. The third-order valence-electron chi connectivity index (χ3n) is 3.91. The number of nitro groups is 1. The van der Waals surface area contributed by atoms with Crippen LogP contribution in [-0.2, 0) is 11.3 Å². The number of nitriles is 1. The normalized spacial score (nSPS) is 11.3. The number of non-ortho nitro benzene ring substituents is 1. The minimum absolute atomic E-state index is 0.100. The van der Waals surface area contributed by atoms with Gasteiger partial charge in [0, 0.05) is 34.8 Å². The third-order valence-corrected chi connectivity index (χ3v) is 3.91. The summed E-state index contributed by atoms with van der Waals surface area (Å²) >= 11 is 0. The van der Waals surface area contributed by atoms with E-state index in [2.05, 4.69) is 6.07 Å². The molecule has 0 atom stereocenters. The summed E-state index contributed by atoms with van der Waals surface area (Å²) in [5.41, 5.74) is 1.99. The molecule has 7 nitrogen and oxygen atoms in total. The van der Waals surface area contributed by atoms with Crippen LogP contribution in [0.2, 0.25) is 0 Å². The van der Waals surface area contributed by atoms with Crippen LogP contribution in [0.3, 0.4) is 0 Å². The van der Waals surface area contributed by atoms with Gasteiger partial charge >= 0.3 is 5.97 Å². The number of carbonyl (C=O) groups is 1. The number of allylic oxidation sites excluding steroid dienone is 1. The maximum Gasteiger partial charge on any atom is 0.323 e. The highest BCUT2D eigenvalue weighted by atomic mass is 16.6. The van der Waals surface area contributed by atoms with Crippen molar-refractivity contribution >= 4 is 34.2 Å². The lowest BCUT2D eigenvalue weighted by Gasteiger charge is -1.99. The molecule has 0 amide bonds. The molecular weight excluding hydrogens is 334 g/mol. The van der Waals surface area contributed by atoms with Gasteiger partial charge in [0.25, 0.3) is 5.69 Å². The fourth-order valence-electron chi connectivity index (χ4n) is 2.79. The van der Waals surface area contributed by atoms with Crippen molar-refractivity contribution in [2.75, 3.05) is 0 Å². The van der Waals surface area contributed by atoms with E-state index in [0.717, 1.165) is 10.9 Å². The van der Waals surface area contributed by atoms with Crippen molar-refractivity contribution in [3.8, 4) is 6.07 Å². The first-order valence-electron chi connectivity index (χ1n) is 7.66. The van der Waals surface area contributed by atoms with Crippen LogP contribution in [0.4, 0.5) is 5.69 Å². The lowest BCUT2D eigenvalue weighted by molar-refractivity contribution is -0.384. The monoisotopic (exact) mass is 347 g/mol. The number of benzene rings is 2. The topological polar surface area (TPSA) is 109 Å². The molecule has 0 saturated heterocycles. The zero-order valence-corrected chi connectivity index (χ0v) is 13.5. The van der Waals surface area contributed by atoms with Crippen LogP contribution >= 0.6 is 0 Å². The van der Waals surface area contributed by atoms with E-state index in [1.807, 2.05) is 12.1 Å². The summed E-state index contributed by atoms with van der Waals surface area (Å²) in [5.74, 6) is -0.972. The van der Waals surface area contributed by atoms with E-state index in [-0.39, 0.29) is 17.8 Å². The van der Waals surface area contributed by atoms with Crippen LogP contribution in [0, 0.1) is 21.4 Å². The molecule has 0 fully saturated rings. The Morgan fingerprint density at radius 1 is 1.27 bits per heavy atom. The van der Waals surface area contributed by atoms with E-state index in [0.29, 0.717) is 11.1 Å². The fourth-order valence-corrected chi connectivity index (χ4v) is 2.79. The Kier molecular flexibility index (Phi) is 4.50. The number of nitro benzene ring substituents is 1. The Morgan fingerprint density at radius 3 is 2.73 bits per heavy atom. The Bertz CT molecular complexity index is 1090. The SMILES string of the molecule is N#C/C(=C/c1cn(CC(=O)O)c2ccccc12)c1cccc([N+](=O)[O-])c1. The molecule has 0 spiro atoms. The summed E-state index contributed by atoms with van der Waals surface area (Å²) in [7, 11) is 0. The van der Waals surface area contributed by atoms with Gasteiger partial charge in [0.15, 0.2) is 0 Å². The molecule has 128 valence electrons. The highest BCUT2D eigenvalue weighted by Gasteiger charge is 2.12. The fraction of sp³-hybridized carbons (Fsp3) is 0.0526. The van der Waals surface area contributed by atoms with E-state index in [9.17, 15) is 20.2 Å². The lowest BCUT2D eigenvalue weighted by Crippen LogP contribution is -2.07. The number of aliphatic carboxylic acids is 1. The molecule has 1 heterocycles. The quantitative estimate of drug-likeness (QED) is 0.430. The van der Waals surface area contributed by atoms with Gasteiger partial charge in [0.1, 0.15) is 6.54 Å². The van der Waals surface area contributed by atoms with Gasteiger partial charge in [-0.1, -0.05) is 30.3 Å². The third kappa shape index (κ3) is 3.30. The summed E-state index contributed by atoms with van der Waals surface area (Å²) < 4.78 is 1.59. The molecule has 0 aliphatic carbocycles. The standard InChI is InChI=1S/C19H13N3O4/c20-10-14(13-4-3-5-16(9-13)22(25)26)8-15-11-21(12-19(23)24)18-7-2-1-6-17(15)18/h1-9,11H,12H2,(H,23,24)/b14-8-. The van der Waals surface area contributed by atoms with E-state index < -0.39 is 10.9 Å². The first-order chi connectivity index (χ1) is 12.5. The van der Waals surface area contributed by atoms with Gasteiger partial charge in [-0.25, -0.2) is 0 Å². The summed E-state index contributed by atoms with van der Waals surface area (Å²) in [4.78, 5) is 21.5. The minimum atomic E-state index is -0.972. The minimum Gasteiger partial charge on any atom is -0.480 e. The van der Waals surface area contributed by atoms with Gasteiger partial charge in [0.2, 0.25) is 0 Å². The molecule has 3 aromatic rings. The van der Waals surface area contributed by atoms with Gasteiger partial charge in [-0.05, 0) is 17.7 Å². The van der Waals surface area contributed by atoms with E-state index in [1.165, 1.54) is 18.2 Å². The summed E-state index contributed by atoms with van der Waals surface area (Å²) in [6.07, 6.45) is 3.27. The van der Waals surface area contributed by atoms with E-state index in [1.54, 1.807) is 35.0 Å². The second-order valence-corrected chi connectivity index (χ2v) is 5.60. The van der Waals surface area contributed by atoms with Crippen molar-refractivity contribution in [2.45, 2.75) is 6.54 Å². The van der Waals surface area contributed by atoms with Gasteiger partial charge in [-0.2, -0.15) is 5.26 Å². The summed E-state index contributed by atoms with van der Waals surface area (Å²) in [5, 5.41) is 30.3. The van der Waals surface area contributed by atoms with Crippen LogP contribution < -0.4 is 0 Å². The van der Waals surface area contributed by atoms with Gasteiger partial charge in [0.05, 0.1) is 16.6 Å². The molecular formula is C19H13N3O4. The number of hydrogen-bond donors (Lipinski definition) is 1. The average molecular weight is 347 g/mol. The van der Waals surface area contributed by atoms with Gasteiger partial charge in [-0.3, -0.25) is 14.9 Å². The van der Waals surface area contributed by atoms with Crippen molar-refractivity contribution in [1.29, 1.82) is 5.26 Å². The van der Waals surface area contributed by atoms with Crippen LogP contribution in [0.1, 0.15) is 11.1 Å². The molecule has 0 saturated carbocycles. The van der Waals surface area contributed by atoms with Gasteiger partial charge < -0.3 is 9.67 Å². The molecule has 0 aliphatic heterocycles. The molecule has 1 N–H and O–H groups in total. The molecule has 1 aromatic heterocycles. The van der Waals surface area contributed by atoms with Crippen LogP contribution in [0.5, 0.6) is 0 Å². The Hall–Kier alpha value is -3.92. The van der Waals surface area contributed by atoms with Crippen LogP contribution in [0.15, 0.2) is 54.7 Å². The zero-order valence-electron chi connectivity index (χ0n) is 13.5. The average Bonchev–Trinajstić information content (AvgIpc) is 2.97. The number of carboxylic acids is 1. The second kappa shape index (κ2) is 6.91. The summed E-state index contributed by atoms with van der Waals surface area (Å²) in [6.45, 7) is -0.201. The molecule has 7 heteroatoms. The largest absolute Gasteiger partial charge is 0.480 e. The van der Waals surface area contributed by atoms with E-state index in [4.69, 9.17) is 5.11 Å². The Labute approximate surface area is 148 Å². The molecule has 26 heavy (non-hydrogen) atoms.